The van der Waals surface area contributed by atoms with Crippen LogP contribution < -0.4 is 9.80 Å². The Labute approximate surface area is 370 Å². The maximum Gasteiger partial charge on any atom is 0.240 e. The van der Waals surface area contributed by atoms with E-state index in [0.29, 0.717) is 17.7 Å². The molecule has 3 aromatic heterocycles. The maximum absolute atomic E-state index is 5.43. The molecule has 12 rings (SSSR count). The third-order valence-corrected chi connectivity index (χ3v) is 12.3. The molecule has 304 valence electrons. The van der Waals surface area contributed by atoms with Gasteiger partial charge in [-0.05, 0) is 91.3 Å². The van der Waals surface area contributed by atoms with E-state index in [9.17, 15) is 0 Å². The molecule has 0 bridgehead atoms. The molecule has 0 saturated heterocycles. The van der Waals surface area contributed by atoms with E-state index in [2.05, 4.69) is 225 Å². The molecule has 0 aliphatic heterocycles. The topological polar surface area (TPSA) is 55.0 Å². The predicted octanol–water partition coefficient (Wildman–Crippen LogP) is 14.2. The van der Waals surface area contributed by atoms with Gasteiger partial charge in [0.15, 0.2) is 5.82 Å². The summed E-state index contributed by atoms with van der Waals surface area (Å²) in [6.07, 6.45) is 9.45. The van der Waals surface area contributed by atoms with Crippen LogP contribution in [0.2, 0.25) is 0 Å². The van der Waals surface area contributed by atoms with Gasteiger partial charge in [-0.1, -0.05) is 146 Å². The molecule has 1 aliphatic carbocycles. The van der Waals surface area contributed by atoms with Crippen LogP contribution in [0.3, 0.4) is 0 Å². The van der Waals surface area contributed by atoms with E-state index in [1.165, 1.54) is 43.6 Å². The number of benzene rings is 8. The predicted molar refractivity (Wildman–Crippen MR) is 264 cm³/mol. The highest BCUT2D eigenvalue weighted by Gasteiger charge is 2.26. The number of hydrogen-bond donors (Lipinski definition) is 0. The number of anilines is 5. The summed E-state index contributed by atoms with van der Waals surface area (Å²) in [6.45, 7) is 0. The summed E-state index contributed by atoms with van der Waals surface area (Å²) in [5.41, 5.74) is 10.6. The van der Waals surface area contributed by atoms with Gasteiger partial charge in [0.05, 0.1) is 28.1 Å². The zero-order valence-electron chi connectivity index (χ0n) is 34.9. The van der Waals surface area contributed by atoms with Crippen molar-refractivity contribution in [3.05, 3.63) is 231 Å². The Morgan fingerprint density at radius 1 is 0.391 bits per heavy atom. The number of rotatable bonds is 9. The third kappa shape index (κ3) is 6.41. The molecule has 7 nitrogen and oxygen atoms in total. The Hall–Kier alpha value is -8.55. The monoisotopic (exact) mass is 823 g/mol. The van der Waals surface area contributed by atoms with Crippen molar-refractivity contribution in [2.75, 3.05) is 9.80 Å². The minimum atomic E-state index is -0.0429. The zero-order chi connectivity index (χ0) is 42.4. The van der Waals surface area contributed by atoms with Crippen LogP contribution >= 0.6 is 0 Å². The van der Waals surface area contributed by atoms with Crippen LogP contribution in [0.4, 0.5) is 29.0 Å². The van der Waals surface area contributed by atoms with E-state index in [1.807, 2.05) is 24.3 Å². The van der Waals surface area contributed by atoms with Crippen molar-refractivity contribution in [2.45, 2.75) is 12.5 Å². The minimum absolute atomic E-state index is 0.0429. The molecule has 0 N–H and O–H groups in total. The van der Waals surface area contributed by atoms with Crippen LogP contribution in [0.15, 0.2) is 231 Å². The van der Waals surface area contributed by atoms with Crippen LogP contribution in [0.5, 0.6) is 0 Å². The van der Waals surface area contributed by atoms with E-state index in [4.69, 9.17) is 15.0 Å². The van der Waals surface area contributed by atoms with Gasteiger partial charge in [-0.25, -0.2) is 0 Å². The summed E-state index contributed by atoms with van der Waals surface area (Å²) in [7, 11) is 0. The largest absolute Gasteiger partial charge is 0.309 e. The van der Waals surface area contributed by atoms with Crippen molar-refractivity contribution in [1.82, 2.24) is 24.1 Å². The second-order valence-electron chi connectivity index (χ2n) is 16.1. The number of fused-ring (bicyclic) bond motifs is 6. The highest BCUT2D eigenvalue weighted by molar-refractivity contribution is 6.10. The van der Waals surface area contributed by atoms with Crippen LogP contribution in [-0.2, 0) is 0 Å². The van der Waals surface area contributed by atoms with Crippen LogP contribution in [0.25, 0.3) is 66.4 Å². The third-order valence-electron chi connectivity index (χ3n) is 12.3. The molecule has 11 aromatic rings. The number of hydrogen-bond acceptors (Lipinski definition) is 5. The van der Waals surface area contributed by atoms with Crippen molar-refractivity contribution < 1.29 is 0 Å². The first kappa shape index (κ1) is 37.2. The number of nitrogens with zero attached hydrogens (tertiary/aromatic N) is 7. The van der Waals surface area contributed by atoms with Crippen molar-refractivity contribution in [1.29, 1.82) is 0 Å². The van der Waals surface area contributed by atoms with E-state index < -0.39 is 0 Å². The Kier molecular flexibility index (Phi) is 9.15. The molecule has 1 atom stereocenters. The van der Waals surface area contributed by atoms with Gasteiger partial charge in [0.25, 0.3) is 0 Å². The minimum Gasteiger partial charge on any atom is -0.309 e. The van der Waals surface area contributed by atoms with Crippen LogP contribution in [-0.4, -0.2) is 30.1 Å². The zero-order valence-corrected chi connectivity index (χ0v) is 34.9. The molecule has 3 heterocycles. The molecular weight excluding hydrogens is 783 g/mol. The van der Waals surface area contributed by atoms with Crippen molar-refractivity contribution in [3.63, 3.8) is 0 Å². The molecule has 1 unspecified atom stereocenters. The van der Waals surface area contributed by atoms with Gasteiger partial charge in [0, 0.05) is 55.5 Å². The fraction of sp³-hybridized carbons (Fsp3) is 0.0351. The summed E-state index contributed by atoms with van der Waals surface area (Å²) in [5.74, 6) is 1.66. The summed E-state index contributed by atoms with van der Waals surface area (Å²) >= 11 is 0. The Balaban J connectivity index is 1.01. The number of allylic oxidation sites excluding steroid dienone is 2. The van der Waals surface area contributed by atoms with E-state index >= 15 is 0 Å². The summed E-state index contributed by atoms with van der Waals surface area (Å²) in [4.78, 5) is 20.4. The lowest BCUT2D eigenvalue weighted by molar-refractivity contribution is 0.757. The SMILES string of the molecule is C1=CCC(N(c2ccc(-n3c4ccccc4c4ccccc43)cc2)c2nc(-c3ccccc3)nc(N(c3ccccc3)c3ccc(-n4c5ccccc5c5ccccc54)cc3)n2)C=C1. The molecule has 8 aromatic carbocycles. The Morgan fingerprint density at radius 2 is 0.828 bits per heavy atom. The van der Waals surface area contributed by atoms with Crippen molar-refractivity contribution in [2.24, 2.45) is 0 Å². The quantitative estimate of drug-likeness (QED) is 0.145. The van der Waals surface area contributed by atoms with E-state index in [1.54, 1.807) is 0 Å². The van der Waals surface area contributed by atoms with Crippen molar-refractivity contribution >= 4 is 72.6 Å². The summed E-state index contributed by atoms with van der Waals surface area (Å²) in [5, 5.41) is 4.93. The Morgan fingerprint density at radius 3 is 1.33 bits per heavy atom. The molecule has 0 radical (unpaired) electrons. The molecule has 1 aliphatic rings. The van der Waals surface area contributed by atoms with Gasteiger partial charge in [-0.3, -0.25) is 4.90 Å². The normalized spacial score (nSPS) is 13.6. The highest BCUT2D eigenvalue weighted by atomic mass is 15.4. The first-order valence-corrected chi connectivity index (χ1v) is 21.7. The van der Waals surface area contributed by atoms with Crippen molar-refractivity contribution in [3.8, 4) is 22.8 Å². The average Bonchev–Trinajstić information content (AvgIpc) is 3.89. The van der Waals surface area contributed by atoms with Crippen LogP contribution in [0.1, 0.15) is 6.42 Å². The van der Waals surface area contributed by atoms with Gasteiger partial charge in [0.1, 0.15) is 0 Å². The number of para-hydroxylation sites is 5. The van der Waals surface area contributed by atoms with Crippen LogP contribution in [0, 0.1) is 0 Å². The fourth-order valence-corrected chi connectivity index (χ4v) is 9.36. The smallest absolute Gasteiger partial charge is 0.240 e. The summed E-state index contributed by atoms with van der Waals surface area (Å²) in [6, 6.07) is 72.5. The van der Waals surface area contributed by atoms with Gasteiger partial charge >= 0.3 is 0 Å². The van der Waals surface area contributed by atoms with E-state index in [-0.39, 0.29) is 6.04 Å². The Bertz CT molecular complexity index is 3430. The lowest BCUT2D eigenvalue weighted by Gasteiger charge is -2.32. The molecule has 0 amide bonds. The number of aromatic nitrogens is 5. The van der Waals surface area contributed by atoms with E-state index in [0.717, 1.165) is 40.4 Å². The maximum atomic E-state index is 5.43. The average molecular weight is 824 g/mol. The molecule has 7 heteroatoms. The first-order valence-electron chi connectivity index (χ1n) is 21.7. The standard InChI is InChI=1S/C57H41N7/c1-4-18-40(19-5-1)55-58-56(61(41-20-6-2-7-21-41)43-32-36-45(37-33-43)63-51-28-14-10-24-47(51)48-25-11-15-29-52(48)63)60-57(59-55)62(42-22-8-3-9-23-42)44-34-38-46(39-35-44)64-53-30-16-12-26-49(53)50-27-13-17-31-54(50)64/h1-22,24-39,42H,23H2. The van der Waals surface area contributed by atoms with Gasteiger partial charge in [-0.2, -0.15) is 15.0 Å². The first-order chi connectivity index (χ1) is 31.8. The second kappa shape index (κ2) is 15.7. The fourth-order valence-electron chi connectivity index (χ4n) is 9.36. The highest BCUT2D eigenvalue weighted by Crippen LogP contribution is 2.39. The van der Waals surface area contributed by atoms with Gasteiger partial charge < -0.3 is 14.0 Å². The summed E-state index contributed by atoms with van der Waals surface area (Å²) < 4.78 is 4.69. The molecule has 64 heavy (non-hydrogen) atoms. The van der Waals surface area contributed by atoms with Gasteiger partial charge in [-0.15, -0.1) is 0 Å². The lowest BCUT2D eigenvalue weighted by atomic mass is 10.1. The van der Waals surface area contributed by atoms with Gasteiger partial charge in [0.2, 0.25) is 11.9 Å². The lowest BCUT2D eigenvalue weighted by Crippen LogP contribution is -2.32. The second-order valence-corrected chi connectivity index (χ2v) is 16.1. The molecule has 0 spiro atoms. The molecule has 0 fully saturated rings. The molecule has 0 saturated carbocycles. The molecular formula is C57H41N7.